The number of rotatable bonds is 5. The lowest BCUT2D eigenvalue weighted by Gasteiger charge is -2.28. The average molecular weight is 598 g/mol. The number of anilines is 3. The molecule has 1 aliphatic carbocycles. The molecule has 2 amide bonds. The summed E-state index contributed by atoms with van der Waals surface area (Å²) >= 11 is 0. The number of carbonyl (C=O) groups excluding carboxylic acids is 2. The molecule has 3 aromatic rings. The minimum Gasteiger partial charge on any atom is -0.444 e. The molecule has 0 saturated carbocycles. The molecule has 2 aliphatic rings. The van der Waals surface area contributed by atoms with Gasteiger partial charge in [-0.1, -0.05) is 18.2 Å². The van der Waals surface area contributed by atoms with Crippen molar-refractivity contribution in [2.45, 2.75) is 76.8 Å². The Hall–Kier alpha value is -4.19. The van der Waals surface area contributed by atoms with Crippen LogP contribution in [0.4, 0.5) is 35.2 Å². The van der Waals surface area contributed by atoms with E-state index >= 15 is 0 Å². The third-order valence-electron chi connectivity index (χ3n) is 7.46. The van der Waals surface area contributed by atoms with Crippen molar-refractivity contribution < 1.29 is 32.6 Å². The molecule has 0 bridgehead atoms. The van der Waals surface area contributed by atoms with E-state index in [1.807, 2.05) is 18.2 Å². The number of alkyl halides is 3. The summed E-state index contributed by atoms with van der Waals surface area (Å²) in [6.07, 6.45) is -2.01. The molecule has 1 aromatic heterocycles. The van der Waals surface area contributed by atoms with Crippen LogP contribution in [0.3, 0.4) is 0 Å². The smallest absolute Gasteiger partial charge is 0.417 e. The Morgan fingerprint density at radius 3 is 2.53 bits per heavy atom. The van der Waals surface area contributed by atoms with Crippen LogP contribution in [-0.2, 0) is 28.5 Å². The first-order valence-electron chi connectivity index (χ1n) is 14.2. The van der Waals surface area contributed by atoms with Crippen LogP contribution in [-0.4, -0.2) is 56.3 Å². The topological polar surface area (TPSA) is 117 Å². The quantitative estimate of drug-likeness (QED) is 0.326. The van der Waals surface area contributed by atoms with Crippen molar-refractivity contribution in [1.29, 1.82) is 0 Å². The monoisotopic (exact) mass is 597 g/mol. The van der Waals surface area contributed by atoms with E-state index < -0.39 is 41.5 Å². The molecule has 0 unspecified atom stereocenters. The highest BCUT2D eigenvalue weighted by Gasteiger charge is 2.39. The maximum atomic E-state index is 14.3. The van der Waals surface area contributed by atoms with E-state index in [0.29, 0.717) is 37.9 Å². The summed E-state index contributed by atoms with van der Waals surface area (Å²) < 4.78 is 48.3. The summed E-state index contributed by atoms with van der Waals surface area (Å²) in [5.74, 6) is -0.370. The standard InChI is InChI=1S/C31H34F3N5O4/c1-30(2,3)43-29(42)39-14-6-11-25(39)28(41)38-23-10-5-8-21(31(32,33)34)27(23)24-16-26(36-17-35-24)37-22-9-4-7-18-12-13-19(40)15-20(18)22/h4-5,7-10,16-17,19,25,40H,6,11-15H2,1-3H3,(H,38,41)(H,35,36,37)/t19-,25-/m0/s1. The van der Waals surface area contributed by atoms with Crippen LogP contribution in [0.2, 0.25) is 0 Å². The van der Waals surface area contributed by atoms with Gasteiger partial charge in [0.2, 0.25) is 5.91 Å². The first kappa shape index (κ1) is 30.3. The van der Waals surface area contributed by atoms with Gasteiger partial charge in [0.25, 0.3) is 0 Å². The van der Waals surface area contributed by atoms with Gasteiger partial charge < -0.3 is 20.5 Å². The maximum Gasteiger partial charge on any atom is 0.417 e. The molecule has 1 saturated heterocycles. The van der Waals surface area contributed by atoms with E-state index in [1.54, 1.807) is 20.8 Å². The van der Waals surface area contributed by atoms with Crippen molar-refractivity contribution in [3.63, 3.8) is 0 Å². The van der Waals surface area contributed by atoms with Gasteiger partial charge in [0.15, 0.2) is 0 Å². The Kier molecular flexibility index (Phi) is 8.33. The van der Waals surface area contributed by atoms with Gasteiger partial charge in [0, 0.05) is 30.3 Å². The molecule has 12 heteroatoms. The zero-order valence-electron chi connectivity index (χ0n) is 24.2. The van der Waals surface area contributed by atoms with E-state index in [9.17, 15) is 27.9 Å². The first-order chi connectivity index (χ1) is 20.3. The molecular formula is C31H34F3N5O4. The minimum atomic E-state index is -4.75. The number of likely N-dealkylation sites (tertiary alicyclic amines) is 1. The third kappa shape index (κ3) is 6.90. The average Bonchev–Trinajstić information content (AvgIpc) is 3.43. The zero-order chi connectivity index (χ0) is 30.9. The molecule has 5 rings (SSSR count). The highest BCUT2D eigenvalue weighted by Crippen LogP contribution is 2.41. The molecule has 0 spiro atoms. The number of aliphatic hydroxyl groups is 1. The molecule has 9 nitrogen and oxygen atoms in total. The second-order valence-corrected chi connectivity index (χ2v) is 11.8. The SMILES string of the molecule is CC(C)(C)OC(=O)N1CCC[C@H]1C(=O)Nc1cccc(C(F)(F)F)c1-c1cc(Nc2cccc3c2C[C@@H](O)CC3)ncn1. The molecule has 0 radical (unpaired) electrons. The number of nitrogens with zero attached hydrogens (tertiary/aromatic N) is 3. The predicted molar refractivity (Wildman–Crippen MR) is 155 cm³/mol. The molecular weight excluding hydrogens is 563 g/mol. The number of hydrogen-bond donors (Lipinski definition) is 3. The Morgan fingerprint density at radius 1 is 1.05 bits per heavy atom. The fourth-order valence-electron chi connectivity index (χ4n) is 5.55. The summed E-state index contributed by atoms with van der Waals surface area (Å²) in [5, 5.41) is 16.0. The van der Waals surface area contributed by atoms with E-state index in [-0.39, 0.29) is 22.8 Å². The van der Waals surface area contributed by atoms with Crippen molar-refractivity contribution in [3.05, 3.63) is 65.5 Å². The van der Waals surface area contributed by atoms with Gasteiger partial charge in [-0.05, 0) is 75.8 Å². The Labute approximate surface area is 247 Å². The van der Waals surface area contributed by atoms with Crippen molar-refractivity contribution in [3.8, 4) is 11.3 Å². The van der Waals surface area contributed by atoms with Gasteiger partial charge >= 0.3 is 12.3 Å². The molecule has 43 heavy (non-hydrogen) atoms. The molecule has 228 valence electrons. The number of hydrogen-bond acceptors (Lipinski definition) is 7. The predicted octanol–water partition coefficient (Wildman–Crippen LogP) is 6.09. The van der Waals surface area contributed by atoms with Crippen molar-refractivity contribution >= 4 is 29.2 Å². The summed E-state index contributed by atoms with van der Waals surface area (Å²) in [6.45, 7) is 5.44. The van der Waals surface area contributed by atoms with Gasteiger partial charge in [-0.2, -0.15) is 13.2 Å². The van der Waals surface area contributed by atoms with Crippen LogP contribution < -0.4 is 10.6 Å². The van der Waals surface area contributed by atoms with Crippen molar-refractivity contribution in [2.24, 2.45) is 0 Å². The molecule has 1 fully saturated rings. The second-order valence-electron chi connectivity index (χ2n) is 11.8. The van der Waals surface area contributed by atoms with Crippen LogP contribution in [0.25, 0.3) is 11.3 Å². The molecule has 2 atom stereocenters. The lowest BCUT2D eigenvalue weighted by Crippen LogP contribution is -2.45. The van der Waals surface area contributed by atoms with Gasteiger partial charge in [0.1, 0.15) is 23.8 Å². The van der Waals surface area contributed by atoms with Crippen LogP contribution in [0.15, 0.2) is 48.8 Å². The summed E-state index contributed by atoms with van der Waals surface area (Å²) in [4.78, 5) is 35.8. The van der Waals surface area contributed by atoms with E-state index in [1.165, 1.54) is 23.1 Å². The fourth-order valence-corrected chi connectivity index (χ4v) is 5.55. The largest absolute Gasteiger partial charge is 0.444 e. The number of aromatic nitrogens is 2. The molecule has 3 N–H and O–H groups in total. The fraction of sp³-hybridized carbons (Fsp3) is 0.419. The van der Waals surface area contributed by atoms with Crippen molar-refractivity contribution in [2.75, 3.05) is 17.2 Å². The first-order valence-corrected chi connectivity index (χ1v) is 14.2. The number of amides is 2. The van der Waals surface area contributed by atoms with Gasteiger partial charge in [-0.3, -0.25) is 9.69 Å². The maximum absolute atomic E-state index is 14.3. The highest BCUT2D eigenvalue weighted by molar-refractivity contribution is 6.00. The number of halogens is 3. The number of aryl methyl sites for hydroxylation is 1. The van der Waals surface area contributed by atoms with E-state index in [0.717, 1.165) is 29.9 Å². The van der Waals surface area contributed by atoms with Gasteiger partial charge in [-0.15, -0.1) is 0 Å². The Morgan fingerprint density at radius 2 is 1.79 bits per heavy atom. The number of carbonyl (C=O) groups is 2. The molecule has 2 heterocycles. The molecule has 1 aliphatic heterocycles. The van der Waals surface area contributed by atoms with Gasteiger partial charge in [-0.25, -0.2) is 14.8 Å². The van der Waals surface area contributed by atoms with E-state index in [4.69, 9.17) is 4.74 Å². The van der Waals surface area contributed by atoms with E-state index in [2.05, 4.69) is 20.6 Å². The highest BCUT2D eigenvalue weighted by atomic mass is 19.4. The number of nitrogens with one attached hydrogen (secondary N) is 2. The summed E-state index contributed by atoms with van der Waals surface area (Å²) in [5.41, 5.74) is 0.489. The lowest BCUT2D eigenvalue weighted by atomic mass is 9.88. The number of ether oxygens (including phenoxy) is 1. The van der Waals surface area contributed by atoms with Gasteiger partial charge in [0.05, 0.1) is 23.0 Å². The lowest BCUT2D eigenvalue weighted by molar-refractivity contribution is -0.137. The van der Waals surface area contributed by atoms with Crippen LogP contribution in [0, 0.1) is 0 Å². The summed E-state index contributed by atoms with van der Waals surface area (Å²) in [6, 6.07) is 9.69. The Balaban J connectivity index is 1.47. The Bertz CT molecular complexity index is 1520. The zero-order valence-corrected chi connectivity index (χ0v) is 24.2. The van der Waals surface area contributed by atoms with Crippen LogP contribution in [0.5, 0.6) is 0 Å². The summed E-state index contributed by atoms with van der Waals surface area (Å²) in [7, 11) is 0. The number of aliphatic hydroxyl groups excluding tert-OH is 1. The van der Waals surface area contributed by atoms with Crippen molar-refractivity contribution in [1.82, 2.24) is 14.9 Å². The number of fused-ring (bicyclic) bond motifs is 1. The van der Waals surface area contributed by atoms with Crippen LogP contribution in [0.1, 0.15) is 56.7 Å². The minimum absolute atomic E-state index is 0.0546. The third-order valence-corrected chi connectivity index (χ3v) is 7.46. The second kappa shape index (κ2) is 11.8. The number of benzene rings is 2. The van der Waals surface area contributed by atoms with Crippen LogP contribution >= 0.6 is 0 Å². The normalized spacial score (nSPS) is 18.6. The molecule has 2 aromatic carbocycles.